The number of nitrogens with zero attached hydrogens (tertiary/aromatic N) is 1. The fourth-order valence-corrected chi connectivity index (χ4v) is 5.77. The topological polar surface area (TPSA) is 108 Å². The lowest BCUT2D eigenvalue weighted by atomic mass is 10.0. The predicted molar refractivity (Wildman–Crippen MR) is 141 cm³/mol. The van der Waals surface area contributed by atoms with Crippen LogP contribution in [0.25, 0.3) is 10.6 Å². The van der Waals surface area contributed by atoms with Crippen LogP contribution in [0.5, 0.6) is 0 Å². The molecule has 2 aromatic heterocycles. The van der Waals surface area contributed by atoms with Gasteiger partial charge < -0.3 is 5.32 Å². The Morgan fingerprint density at radius 1 is 1.06 bits per heavy atom. The van der Waals surface area contributed by atoms with E-state index in [9.17, 15) is 13.2 Å². The van der Waals surface area contributed by atoms with Crippen molar-refractivity contribution in [1.82, 2.24) is 10.3 Å². The number of amides is 1. The molecule has 3 N–H and O–H groups in total. The van der Waals surface area contributed by atoms with Gasteiger partial charge >= 0.3 is 10.3 Å². The van der Waals surface area contributed by atoms with Crippen LogP contribution in [0, 0.1) is 0 Å². The van der Waals surface area contributed by atoms with Crippen LogP contribution >= 0.6 is 34.3 Å². The van der Waals surface area contributed by atoms with Crippen molar-refractivity contribution in [1.29, 1.82) is 0 Å². The summed E-state index contributed by atoms with van der Waals surface area (Å²) in [7, 11) is -4.35. The molecule has 2 heterocycles. The van der Waals surface area contributed by atoms with Crippen molar-refractivity contribution in [2.24, 2.45) is 0 Å². The van der Waals surface area contributed by atoms with Crippen molar-refractivity contribution < 1.29 is 17.8 Å². The summed E-state index contributed by atoms with van der Waals surface area (Å²) in [6.07, 6.45) is 1.33. The van der Waals surface area contributed by atoms with Crippen LogP contribution in [0.3, 0.4) is 0 Å². The van der Waals surface area contributed by atoms with Crippen LogP contribution in [0.1, 0.15) is 28.6 Å². The first-order chi connectivity index (χ1) is 16.7. The molecule has 2 aromatic carbocycles. The monoisotopic (exact) mass is 547 g/mol. The van der Waals surface area contributed by atoms with E-state index in [-0.39, 0.29) is 17.6 Å². The molecule has 4 aromatic rings. The predicted octanol–water partition coefficient (Wildman–Crippen LogP) is 5.77. The molecule has 4 rings (SSSR count). The van der Waals surface area contributed by atoms with E-state index in [2.05, 4.69) is 5.32 Å². The van der Waals surface area contributed by atoms with Crippen LogP contribution in [0.2, 0.25) is 5.02 Å². The average Bonchev–Trinajstić information content (AvgIpc) is 3.50. The van der Waals surface area contributed by atoms with Crippen LogP contribution in [0.15, 0.2) is 71.4 Å². The van der Waals surface area contributed by atoms with Crippen LogP contribution in [-0.4, -0.2) is 23.9 Å². The highest BCUT2D eigenvalue weighted by Gasteiger charge is 2.20. The van der Waals surface area contributed by atoms with Gasteiger partial charge in [0.25, 0.3) is 0 Å². The number of aryl methyl sites for hydroxylation is 1. The van der Waals surface area contributed by atoms with Gasteiger partial charge in [-0.05, 0) is 59.7 Å². The zero-order valence-electron chi connectivity index (χ0n) is 18.3. The zero-order valence-corrected chi connectivity index (χ0v) is 21.6. The first-order valence-corrected chi connectivity index (χ1v) is 14.2. The number of rotatable bonds is 10. The van der Waals surface area contributed by atoms with Gasteiger partial charge in [-0.1, -0.05) is 41.9 Å². The van der Waals surface area contributed by atoms with Gasteiger partial charge in [0.2, 0.25) is 5.91 Å². The Labute approximate surface area is 216 Å². The first-order valence-electron chi connectivity index (χ1n) is 10.6. The molecule has 0 aliphatic heterocycles. The van der Waals surface area contributed by atoms with Crippen molar-refractivity contribution in [2.45, 2.75) is 25.3 Å². The summed E-state index contributed by atoms with van der Waals surface area (Å²) >= 11 is 9.13. The molecule has 0 fully saturated rings. The van der Waals surface area contributed by atoms with E-state index in [1.807, 2.05) is 45.8 Å². The second-order valence-electron chi connectivity index (χ2n) is 7.78. The van der Waals surface area contributed by atoms with Gasteiger partial charge in [-0.25, -0.2) is 4.98 Å². The van der Waals surface area contributed by atoms with E-state index in [0.29, 0.717) is 24.3 Å². The number of carbonyl (C=O) groups is 1. The molecule has 1 atom stereocenters. The lowest BCUT2D eigenvalue weighted by molar-refractivity contribution is -0.121. The second-order valence-corrected chi connectivity index (χ2v) is 11.2. The van der Waals surface area contributed by atoms with Crippen molar-refractivity contribution in [3.8, 4) is 10.6 Å². The summed E-state index contributed by atoms with van der Waals surface area (Å²) in [5.74, 6) is -0.104. The highest BCUT2D eigenvalue weighted by molar-refractivity contribution is 7.87. The van der Waals surface area contributed by atoms with Gasteiger partial charge in [-0.15, -0.1) is 22.7 Å². The fourth-order valence-electron chi connectivity index (χ4n) is 3.50. The summed E-state index contributed by atoms with van der Waals surface area (Å²) in [5, 5.41) is 8.49. The summed E-state index contributed by atoms with van der Waals surface area (Å²) < 4.78 is 33.1. The van der Waals surface area contributed by atoms with Crippen molar-refractivity contribution in [3.05, 3.63) is 92.6 Å². The smallest absolute Gasteiger partial charge is 0.347 e. The number of hydrogen-bond donors (Lipinski definition) is 3. The van der Waals surface area contributed by atoms with E-state index in [1.54, 1.807) is 41.7 Å². The second kappa shape index (κ2) is 11.3. The van der Waals surface area contributed by atoms with E-state index in [0.717, 1.165) is 26.7 Å². The maximum absolute atomic E-state index is 12.9. The van der Waals surface area contributed by atoms with Crippen LogP contribution in [0.4, 0.5) is 5.69 Å². The maximum atomic E-state index is 12.9. The van der Waals surface area contributed by atoms with Crippen molar-refractivity contribution in [3.63, 3.8) is 0 Å². The molecule has 0 saturated carbocycles. The minimum atomic E-state index is -4.35. The highest BCUT2D eigenvalue weighted by atomic mass is 35.5. The first kappa shape index (κ1) is 25.3. The number of thiophene rings is 1. The van der Waals surface area contributed by atoms with Gasteiger partial charge in [0.05, 0.1) is 22.3 Å². The number of aromatic nitrogens is 1. The number of hydrogen-bond acceptors (Lipinski definition) is 6. The van der Waals surface area contributed by atoms with E-state index in [4.69, 9.17) is 21.1 Å². The van der Waals surface area contributed by atoms with Crippen LogP contribution < -0.4 is 10.0 Å². The number of thiazole rings is 1. The summed E-state index contributed by atoms with van der Waals surface area (Å²) in [6, 6.07) is 17.7. The maximum Gasteiger partial charge on any atom is 0.357 e. The lowest BCUT2D eigenvalue weighted by Gasteiger charge is -2.17. The Kier molecular flexibility index (Phi) is 8.19. The number of carbonyl (C=O) groups excluding carboxylic acids is 1. The molecule has 7 nitrogen and oxygen atoms in total. The molecule has 35 heavy (non-hydrogen) atoms. The van der Waals surface area contributed by atoms with Crippen molar-refractivity contribution in [2.75, 3.05) is 4.72 Å². The third-order valence-electron chi connectivity index (χ3n) is 5.10. The summed E-state index contributed by atoms with van der Waals surface area (Å²) in [6.45, 7) is 0. The minimum Gasteiger partial charge on any atom is -0.347 e. The van der Waals surface area contributed by atoms with Gasteiger partial charge in [0, 0.05) is 16.8 Å². The van der Waals surface area contributed by atoms with E-state index in [1.165, 1.54) is 11.3 Å². The molecular weight excluding hydrogens is 526 g/mol. The molecule has 0 bridgehead atoms. The number of nitrogens with one attached hydrogen (secondary N) is 2. The van der Waals surface area contributed by atoms with Gasteiger partial charge in [-0.2, -0.15) is 8.42 Å². The normalized spacial score (nSPS) is 12.3. The van der Waals surface area contributed by atoms with Crippen LogP contribution in [-0.2, 0) is 27.9 Å². The third kappa shape index (κ3) is 7.61. The summed E-state index contributed by atoms with van der Waals surface area (Å²) in [5.41, 5.74) is 2.97. The van der Waals surface area contributed by atoms with Gasteiger partial charge in [0.1, 0.15) is 5.01 Å². The molecule has 0 aliphatic rings. The van der Waals surface area contributed by atoms with Gasteiger partial charge in [0.15, 0.2) is 0 Å². The molecule has 1 unspecified atom stereocenters. The lowest BCUT2D eigenvalue weighted by Crippen LogP contribution is -2.30. The molecule has 0 saturated heterocycles. The molecule has 182 valence electrons. The third-order valence-corrected chi connectivity index (χ3v) is 7.68. The SMILES string of the molecule is O=C(CCc1cccc(Cl)c1)NC(Cc1ccc(NS(=O)(=O)O)cc1)c1nc(-c2cccs2)cs1. The Balaban J connectivity index is 1.49. The molecule has 1 amide bonds. The van der Waals surface area contributed by atoms with Crippen molar-refractivity contribution >= 4 is 56.2 Å². The number of anilines is 1. The molecular formula is C24H22ClN3O4S3. The average molecular weight is 548 g/mol. The molecule has 11 heteroatoms. The van der Waals surface area contributed by atoms with Gasteiger partial charge in [-0.3, -0.25) is 14.1 Å². The molecule has 0 aliphatic carbocycles. The number of halogens is 1. The quantitative estimate of drug-likeness (QED) is 0.218. The largest absolute Gasteiger partial charge is 0.357 e. The minimum absolute atomic E-state index is 0.104. The Morgan fingerprint density at radius 3 is 2.54 bits per heavy atom. The van der Waals surface area contributed by atoms with E-state index >= 15 is 0 Å². The Hall–Kier alpha value is -2.76. The standard InChI is InChI=1S/C24H22ClN3O4S3/c25-18-4-1-3-16(13-18)8-11-23(29)26-20(24-27-21(15-34-24)22-5-2-12-33-22)14-17-6-9-19(10-7-17)28-35(30,31)32/h1-7,9-10,12-13,15,20,28H,8,11,14H2,(H,26,29)(H,30,31,32). The molecule has 0 spiro atoms. The van der Waals surface area contributed by atoms with E-state index < -0.39 is 10.3 Å². The number of benzene rings is 2. The molecule has 0 radical (unpaired) electrons. The summed E-state index contributed by atoms with van der Waals surface area (Å²) in [4.78, 5) is 18.7. The highest BCUT2D eigenvalue weighted by Crippen LogP contribution is 2.30. The Bertz CT molecular complexity index is 1390. The fraction of sp³-hybridized carbons (Fsp3) is 0.167. The Morgan fingerprint density at radius 2 is 1.86 bits per heavy atom. The zero-order chi connectivity index (χ0) is 24.8.